The number of hydrogen-bond donors (Lipinski definition) is 2. The lowest BCUT2D eigenvalue weighted by molar-refractivity contribution is 0.414. The highest BCUT2D eigenvalue weighted by Gasteiger charge is 2.00. The summed E-state index contributed by atoms with van der Waals surface area (Å²) in [5.41, 5.74) is 3.97. The van der Waals surface area contributed by atoms with E-state index in [1.807, 2.05) is 31.2 Å². The molecular weight excluding hydrogens is 164 g/mol. The van der Waals surface area contributed by atoms with E-state index in [0.29, 0.717) is 6.04 Å². The fraction of sp³-hybridized carbons (Fsp3) is 0.400. The van der Waals surface area contributed by atoms with E-state index in [1.54, 1.807) is 7.11 Å². The lowest BCUT2D eigenvalue weighted by atomic mass is 10.1. The average Bonchev–Trinajstić information content (AvgIpc) is 2.19. The first-order chi connectivity index (χ1) is 6.26. The number of ether oxygens (including phenoxy) is 1. The largest absolute Gasteiger partial charge is 0.497 e. The third kappa shape index (κ3) is 3.05. The van der Waals surface area contributed by atoms with E-state index in [4.69, 9.17) is 10.6 Å². The van der Waals surface area contributed by atoms with Gasteiger partial charge in [0.1, 0.15) is 5.75 Å². The molecule has 13 heavy (non-hydrogen) atoms. The molecule has 0 amide bonds. The van der Waals surface area contributed by atoms with Gasteiger partial charge in [-0.3, -0.25) is 11.3 Å². The highest BCUT2D eigenvalue weighted by Crippen LogP contribution is 2.12. The maximum absolute atomic E-state index is 5.30. The van der Waals surface area contributed by atoms with Crippen LogP contribution in [0.1, 0.15) is 12.5 Å². The molecule has 0 bridgehead atoms. The second-order valence-corrected chi connectivity index (χ2v) is 3.12. The maximum atomic E-state index is 5.30. The Morgan fingerprint density at radius 3 is 2.46 bits per heavy atom. The number of nitrogens with one attached hydrogen (secondary N) is 1. The molecule has 3 N–H and O–H groups in total. The van der Waals surface area contributed by atoms with E-state index in [2.05, 4.69) is 5.43 Å². The lowest BCUT2D eigenvalue weighted by Gasteiger charge is -2.09. The molecule has 0 aliphatic carbocycles. The van der Waals surface area contributed by atoms with Gasteiger partial charge in [0.05, 0.1) is 7.11 Å². The van der Waals surface area contributed by atoms with Crippen molar-refractivity contribution in [2.45, 2.75) is 19.4 Å². The number of methoxy groups -OCH3 is 1. The van der Waals surface area contributed by atoms with Crippen LogP contribution in [0.25, 0.3) is 0 Å². The minimum absolute atomic E-state index is 0.299. The SMILES string of the molecule is COc1ccc(C[C@@H](C)NN)cc1. The third-order valence-corrected chi connectivity index (χ3v) is 1.99. The molecule has 3 heteroatoms. The molecule has 0 aliphatic rings. The molecule has 0 radical (unpaired) electrons. The van der Waals surface area contributed by atoms with Gasteiger partial charge in [0.15, 0.2) is 0 Å². The lowest BCUT2D eigenvalue weighted by Crippen LogP contribution is -2.33. The average molecular weight is 180 g/mol. The Morgan fingerprint density at radius 2 is 2.00 bits per heavy atom. The van der Waals surface area contributed by atoms with Gasteiger partial charge >= 0.3 is 0 Å². The number of hydrazine groups is 1. The summed E-state index contributed by atoms with van der Waals surface area (Å²) in [6.07, 6.45) is 0.931. The van der Waals surface area contributed by atoms with E-state index in [-0.39, 0.29) is 0 Å². The van der Waals surface area contributed by atoms with Gasteiger partial charge in [-0.15, -0.1) is 0 Å². The number of nitrogens with two attached hydrogens (primary N) is 1. The molecular formula is C10H16N2O. The Kier molecular flexibility index (Phi) is 3.73. The highest BCUT2D eigenvalue weighted by atomic mass is 16.5. The molecule has 72 valence electrons. The summed E-state index contributed by atoms with van der Waals surface area (Å²) >= 11 is 0. The first kappa shape index (κ1) is 10.0. The first-order valence-corrected chi connectivity index (χ1v) is 4.35. The van der Waals surface area contributed by atoms with Crippen molar-refractivity contribution in [2.24, 2.45) is 5.84 Å². The van der Waals surface area contributed by atoms with Crippen LogP contribution in [0, 0.1) is 0 Å². The van der Waals surface area contributed by atoms with E-state index in [9.17, 15) is 0 Å². The number of rotatable bonds is 4. The summed E-state index contributed by atoms with van der Waals surface area (Å²) in [5, 5.41) is 0. The smallest absolute Gasteiger partial charge is 0.118 e. The molecule has 0 fully saturated rings. The second-order valence-electron chi connectivity index (χ2n) is 3.12. The van der Waals surface area contributed by atoms with E-state index in [0.717, 1.165) is 12.2 Å². The molecule has 0 heterocycles. The topological polar surface area (TPSA) is 47.3 Å². The van der Waals surface area contributed by atoms with E-state index < -0.39 is 0 Å². The van der Waals surface area contributed by atoms with Crippen LogP contribution in [0.4, 0.5) is 0 Å². The zero-order valence-corrected chi connectivity index (χ0v) is 8.08. The van der Waals surface area contributed by atoms with Crippen molar-refractivity contribution in [1.29, 1.82) is 0 Å². The Bertz CT molecular complexity index is 246. The zero-order chi connectivity index (χ0) is 9.68. The summed E-state index contributed by atoms with van der Waals surface area (Å²) in [6.45, 7) is 2.05. The van der Waals surface area contributed by atoms with Crippen molar-refractivity contribution in [3.63, 3.8) is 0 Å². The van der Waals surface area contributed by atoms with Gasteiger partial charge in [-0.25, -0.2) is 0 Å². The van der Waals surface area contributed by atoms with Crippen LogP contribution >= 0.6 is 0 Å². The van der Waals surface area contributed by atoms with Gasteiger partial charge in [0, 0.05) is 6.04 Å². The van der Waals surface area contributed by atoms with Crippen LogP contribution in [0.2, 0.25) is 0 Å². The Morgan fingerprint density at radius 1 is 1.38 bits per heavy atom. The van der Waals surface area contributed by atoms with E-state index >= 15 is 0 Å². The Hall–Kier alpha value is -1.06. The van der Waals surface area contributed by atoms with Gasteiger partial charge < -0.3 is 4.74 Å². The standard InChI is InChI=1S/C10H16N2O/c1-8(12-11)7-9-3-5-10(13-2)6-4-9/h3-6,8,12H,7,11H2,1-2H3/t8-/m1/s1. The number of hydrogen-bond acceptors (Lipinski definition) is 3. The normalized spacial score (nSPS) is 12.5. The van der Waals surface area contributed by atoms with Crippen molar-refractivity contribution in [3.8, 4) is 5.75 Å². The maximum Gasteiger partial charge on any atom is 0.118 e. The van der Waals surface area contributed by atoms with Gasteiger partial charge in [-0.05, 0) is 31.0 Å². The quantitative estimate of drug-likeness (QED) is 0.538. The van der Waals surface area contributed by atoms with E-state index in [1.165, 1.54) is 5.56 Å². The second kappa shape index (κ2) is 4.84. The molecule has 1 atom stereocenters. The van der Waals surface area contributed by atoms with Gasteiger partial charge in [-0.2, -0.15) is 0 Å². The predicted molar refractivity (Wildman–Crippen MR) is 53.5 cm³/mol. The molecule has 1 aromatic rings. The minimum Gasteiger partial charge on any atom is -0.497 e. The van der Waals surface area contributed by atoms with Crippen LogP contribution in [0.3, 0.4) is 0 Å². The summed E-state index contributed by atoms with van der Waals surface area (Å²) in [5.74, 6) is 6.19. The summed E-state index contributed by atoms with van der Waals surface area (Å²) in [4.78, 5) is 0. The van der Waals surface area contributed by atoms with Gasteiger partial charge in [0.2, 0.25) is 0 Å². The number of benzene rings is 1. The van der Waals surface area contributed by atoms with Gasteiger partial charge in [0.25, 0.3) is 0 Å². The van der Waals surface area contributed by atoms with Crippen LogP contribution < -0.4 is 16.0 Å². The summed E-state index contributed by atoms with van der Waals surface area (Å²) < 4.78 is 5.06. The molecule has 1 rings (SSSR count). The monoisotopic (exact) mass is 180 g/mol. The minimum atomic E-state index is 0.299. The molecule has 0 unspecified atom stereocenters. The molecule has 3 nitrogen and oxygen atoms in total. The van der Waals surface area contributed by atoms with Crippen LogP contribution in [0.5, 0.6) is 5.75 Å². The van der Waals surface area contributed by atoms with Crippen molar-refractivity contribution in [3.05, 3.63) is 29.8 Å². The Labute approximate surface area is 78.9 Å². The van der Waals surface area contributed by atoms with Crippen molar-refractivity contribution >= 4 is 0 Å². The van der Waals surface area contributed by atoms with Crippen molar-refractivity contribution in [1.82, 2.24) is 5.43 Å². The highest BCUT2D eigenvalue weighted by molar-refractivity contribution is 5.27. The molecule has 0 aromatic heterocycles. The molecule has 0 saturated carbocycles. The van der Waals surface area contributed by atoms with Crippen LogP contribution in [-0.2, 0) is 6.42 Å². The predicted octanol–water partition coefficient (Wildman–Crippen LogP) is 1.09. The molecule has 0 aliphatic heterocycles. The van der Waals surface area contributed by atoms with Crippen molar-refractivity contribution in [2.75, 3.05) is 7.11 Å². The summed E-state index contributed by atoms with van der Waals surface area (Å²) in [6, 6.07) is 8.31. The van der Waals surface area contributed by atoms with Crippen molar-refractivity contribution < 1.29 is 4.74 Å². The molecule has 0 saturated heterocycles. The van der Waals surface area contributed by atoms with Crippen LogP contribution in [0.15, 0.2) is 24.3 Å². The summed E-state index contributed by atoms with van der Waals surface area (Å²) in [7, 11) is 1.67. The third-order valence-electron chi connectivity index (χ3n) is 1.99. The fourth-order valence-electron chi connectivity index (χ4n) is 1.17. The first-order valence-electron chi connectivity index (χ1n) is 4.35. The Balaban J connectivity index is 2.58. The van der Waals surface area contributed by atoms with Crippen LogP contribution in [-0.4, -0.2) is 13.2 Å². The fourth-order valence-corrected chi connectivity index (χ4v) is 1.17. The zero-order valence-electron chi connectivity index (χ0n) is 8.08. The molecule has 1 aromatic carbocycles. The molecule has 0 spiro atoms. The van der Waals surface area contributed by atoms with Gasteiger partial charge in [-0.1, -0.05) is 12.1 Å².